The maximum absolute atomic E-state index is 13.7. The third-order valence-electron chi connectivity index (χ3n) is 2.51. The van der Waals surface area contributed by atoms with E-state index in [0.29, 0.717) is 0 Å². The first-order valence-electron chi connectivity index (χ1n) is 5.59. The minimum Gasteiger partial charge on any atom is -0.409 e. The number of amidine groups is 1. The second-order valence-electron chi connectivity index (χ2n) is 4.24. The topological polar surface area (TPSA) is 78.9 Å². The Morgan fingerprint density at radius 2 is 2.21 bits per heavy atom. The predicted octanol–water partition coefficient (Wildman–Crippen LogP) is 2.08. The van der Waals surface area contributed by atoms with Gasteiger partial charge in [-0.1, -0.05) is 16.8 Å². The van der Waals surface area contributed by atoms with E-state index in [2.05, 4.69) is 5.16 Å². The SMILES string of the molecule is CC(C)N(CC(N)=NO)C(=O)c1ccc(Cl)cc1F. The summed E-state index contributed by atoms with van der Waals surface area (Å²) in [4.78, 5) is 13.5. The Balaban J connectivity index is 3.06. The first-order chi connectivity index (χ1) is 8.86. The summed E-state index contributed by atoms with van der Waals surface area (Å²) in [5, 5.41) is 11.6. The molecule has 19 heavy (non-hydrogen) atoms. The number of oxime groups is 1. The lowest BCUT2D eigenvalue weighted by molar-refractivity contribution is 0.0729. The van der Waals surface area contributed by atoms with Gasteiger partial charge in [-0.05, 0) is 32.0 Å². The molecule has 1 aromatic carbocycles. The first kappa shape index (κ1) is 15.2. The molecule has 0 spiro atoms. The van der Waals surface area contributed by atoms with E-state index in [1.807, 2.05) is 0 Å². The molecular formula is C12H15ClFN3O2. The van der Waals surface area contributed by atoms with Crippen LogP contribution in [0.2, 0.25) is 5.02 Å². The average Bonchev–Trinajstić information content (AvgIpc) is 2.34. The molecule has 0 saturated carbocycles. The summed E-state index contributed by atoms with van der Waals surface area (Å²) in [5.74, 6) is -1.38. The quantitative estimate of drug-likeness (QED) is 0.385. The van der Waals surface area contributed by atoms with E-state index in [-0.39, 0.29) is 29.0 Å². The third kappa shape index (κ3) is 3.82. The summed E-state index contributed by atoms with van der Waals surface area (Å²) in [6, 6.07) is 3.57. The molecule has 5 nitrogen and oxygen atoms in total. The van der Waals surface area contributed by atoms with Crippen LogP contribution in [-0.2, 0) is 0 Å². The number of benzene rings is 1. The molecule has 0 fully saturated rings. The molecule has 3 N–H and O–H groups in total. The van der Waals surface area contributed by atoms with Gasteiger partial charge in [-0.25, -0.2) is 4.39 Å². The Bertz CT molecular complexity index is 506. The zero-order valence-corrected chi connectivity index (χ0v) is 11.4. The van der Waals surface area contributed by atoms with Gasteiger partial charge in [0.15, 0.2) is 5.84 Å². The van der Waals surface area contributed by atoms with Crippen molar-refractivity contribution in [1.29, 1.82) is 0 Å². The summed E-state index contributed by atoms with van der Waals surface area (Å²) in [7, 11) is 0. The molecule has 0 radical (unpaired) electrons. The van der Waals surface area contributed by atoms with Crippen molar-refractivity contribution in [2.24, 2.45) is 10.9 Å². The Labute approximate surface area is 115 Å². The smallest absolute Gasteiger partial charge is 0.257 e. The zero-order chi connectivity index (χ0) is 14.6. The molecule has 7 heteroatoms. The Morgan fingerprint density at radius 3 is 2.68 bits per heavy atom. The van der Waals surface area contributed by atoms with Gasteiger partial charge in [-0.3, -0.25) is 4.79 Å². The fourth-order valence-corrected chi connectivity index (χ4v) is 1.67. The molecule has 1 rings (SSSR count). The van der Waals surface area contributed by atoms with Crippen molar-refractivity contribution in [1.82, 2.24) is 4.90 Å². The normalized spacial score (nSPS) is 11.7. The summed E-state index contributed by atoms with van der Waals surface area (Å²) in [6.45, 7) is 3.40. The molecule has 0 unspecified atom stereocenters. The number of halogens is 2. The van der Waals surface area contributed by atoms with Crippen molar-refractivity contribution < 1.29 is 14.4 Å². The van der Waals surface area contributed by atoms with E-state index in [9.17, 15) is 9.18 Å². The highest BCUT2D eigenvalue weighted by Gasteiger charge is 2.22. The van der Waals surface area contributed by atoms with Crippen LogP contribution in [0.15, 0.2) is 23.4 Å². The minimum atomic E-state index is -0.706. The average molecular weight is 288 g/mol. The number of carbonyl (C=O) groups is 1. The molecule has 0 atom stereocenters. The highest BCUT2D eigenvalue weighted by Crippen LogP contribution is 2.17. The fraction of sp³-hybridized carbons (Fsp3) is 0.333. The molecular weight excluding hydrogens is 273 g/mol. The number of hydrogen-bond donors (Lipinski definition) is 2. The minimum absolute atomic E-state index is 0.0882. The van der Waals surface area contributed by atoms with Crippen LogP contribution in [0.4, 0.5) is 4.39 Å². The van der Waals surface area contributed by atoms with Gasteiger partial charge in [0.25, 0.3) is 5.91 Å². The van der Waals surface area contributed by atoms with Gasteiger partial charge >= 0.3 is 0 Å². The van der Waals surface area contributed by atoms with Gasteiger partial charge < -0.3 is 15.8 Å². The van der Waals surface area contributed by atoms with E-state index in [0.717, 1.165) is 6.07 Å². The van der Waals surface area contributed by atoms with Crippen LogP contribution in [0.25, 0.3) is 0 Å². The van der Waals surface area contributed by atoms with Crippen LogP contribution in [-0.4, -0.2) is 34.4 Å². The molecule has 0 aliphatic carbocycles. The molecule has 1 aromatic rings. The van der Waals surface area contributed by atoms with Crippen molar-refractivity contribution >= 4 is 23.3 Å². The largest absolute Gasteiger partial charge is 0.409 e. The summed E-state index contributed by atoms with van der Waals surface area (Å²) >= 11 is 5.63. The molecule has 0 saturated heterocycles. The summed E-state index contributed by atoms with van der Waals surface area (Å²) in [5.41, 5.74) is 5.27. The van der Waals surface area contributed by atoms with E-state index in [1.54, 1.807) is 13.8 Å². The van der Waals surface area contributed by atoms with Crippen molar-refractivity contribution in [3.8, 4) is 0 Å². The van der Waals surface area contributed by atoms with Crippen LogP contribution in [0, 0.1) is 5.82 Å². The number of nitrogens with two attached hydrogens (primary N) is 1. The lowest BCUT2D eigenvalue weighted by atomic mass is 10.1. The van der Waals surface area contributed by atoms with Crippen LogP contribution in [0.3, 0.4) is 0 Å². The maximum Gasteiger partial charge on any atom is 0.257 e. The van der Waals surface area contributed by atoms with Gasteiger partial charge in [-0.2, -0.15) is 0 Å². The molecule has 1 amide bonds. The molecule has 104 valence electrons. The van der Waals surface area contributed by atoms with E-state index in [1.165, 1.54) is 17.0 Å². The predicted molar refractivity (Wildman–Crippen MR) is 71.0 cm³/mol. The van der Waals surface area contributed by atoms with Crippen LogP contribution >= 0.6 is 11.6 Å². The van der Waals surface area contributed by atoms with Crippen LogP contribution in [0.1, 0.15) is 24.2 Å². The standard InChI is InChI=1S/C12H15ClFN3O2/c1-7(2)17(6-11(15)16-19)12(18)9-4-3-8(13)5-10(9)14/h3-5,7,19H,6H2,1-2H3,(H2,15,16). The second kappa shape index (κ2) is 6.38. The molecule has 0 bridgehead atoms. The van der Waals surface area contributed by atoms with Crippen molar-refractivity contribution in [3.05, 3.63) is 34.6 Å². The highest BCUT2D eigenvalue weighted by molar-refractivity contribution is 6.30. The van der Waals surface area contributed by atoms with E-state index >= 15 is 0 Å². The maximum atomic E-state index is 13.7. The lowest BCUT2D eigenvalue weighted by Crippen LogP contribution is -2.43. The first-order valence-corrected chi connectivity index (χ1v) is 5.97. The molecule has 0 aromatic heterocycles. The van der Waals surface area contributed by atoms with Crippen molar-refractivity contribution in [3.63, 3.8) is 0 Å². The van der Waals surface area contributed by atoms with Gasteiger partial charge in [-0.15, -0.1) is 0 Å². The Morgan fingerprint density at radius 1 is 1.58 bits per heavy atom. The number of hydrogen-bond acceptors (Lipinski definition) is 3. The molecule has 0 aliphatic heterocycles. The number of rotatable bonds is 4. The van der Waals surface area contributed by atoms with Gasteiger partial charge in [0, 0.05) is 11.1 Å². The highest BCUT2D eigenvalue weighted by atomic mass is 35.5. The van der Waals surface area contributed by atoms with Crippen LogP contribution < -0.4 is 5.73 Å². The van der Waals surface area contributed by atoms with Crippen molar-refractivity contribution in [2.45, 2.75) is 19.9 Å². The fourth-order valence-electron chi connectivity index (χ4n) is 1.51. The summed E-state index contributed by atoms with van der Waals surface area (Å²) < 4.78 is 13.7. The third-order valence-corrected chi connectivity index (χ3v) is 2.74. The van der Waals surface area contributed by atoms with Gasteiger partial charge in [0.1, 0.15) is 5.82 Å². The second-order valence-corrected chi connectivity index (χ2v) is 4.68. The van der Waals surface area contributed by atoms with Crippen LogP contribution in [0.5, 0.6) is 0 Å². The van der Waals surface area contributed by atoms with Gasteiger partial charge in [0.2, 0.25) is 0 Å². The monoisotopic (exact) mass is 287 g/mol. The zero-order valence-electron chi connectivity index (χ0n) is 10.6. The van der Waals surface area contributed by atoms with E-state index < -0.39 is 11.7 Å². The molecule has 0 aliphatic rings. The van der Waals surface area contributed by atoms with Gasteiger partial charge in [0.05, 0.1) is 12.1 Å². The molecule has 0 heterocycles. The summed E-state index contributed by atoms with van der Waals surface area (Å²) in [6.07, 6.45) is 0. The lowest BCUT2D eigenvalue weighted by Gasteiger charge is -2.26. The van der Waals surface area contributed by atoms with E-state index in [4.69, 9.17) is 22.5 Å². The number of nitrogens with zero attached hydrogens (tertiary/aromatic N) is 2. The van der Waals surface area contributed by atoms with Crippen molar-refractivity contribution in [2.75, 3.05) is 6.54 Å². The number of carbonyl (C=O) groups excluding carboxylic acids is 1. The Kier molecular flexibility index (Phi) is 5.11. The Hall–Kier alpha value is -1.82. The number of amides is 1.